The summed E-state index contributed by atoms with van der Waals surface area (Å²) in [5.41, 5.74) is 3.88. The SMILES string of the molecule is C=C(C)[C@H](NC(=O)OC)C(=O)NNC(=O)OC(C)(C)C. The van der Waals surface area contributed by atoms with Crippen molar-refractivity contribution in [3.8, 4) is 0 Å². The minimum Gasteiger partial charge on any atom is -0.453 e. The number of ether oxygens (including phenoxy) is 2. The van der Waals surface area contributed by atoms with Crippen LogP contribution in [0.15, 0.2) is 12.2 Å². The summed E-state index contributed by atoms with van der Waals surface area (Å²) in [5.74, 6) is -0.672. The van der Waals surface area contributed by atoms with Crippen LogP contribution >= 0.6 is 0 Å². The monoisotopic (exact) mass is 287 g/mol. The second kappa shape index (κ2) is 7.37. The van der Waals surface area contributed by atoms with E-state index in [2.05, 4.69) is 27.5 Å². The van der Waals surface area contributed by atoms with Crippen LogP contribution in [0.25, 0.3) is 0 Å². The van der Waals surface area contributed by atoms with E-state index in [4.69, 9.17) is 4.74 Å². The minimum absolute atomic E-state index is 0.374. The van der Waals surface area contributed by atoms with Crippen LogP contribution in [0.1, 0.15) is 27.7 Å². The maximum Gasteiger partial charge on any atom is 0.426 e. The van der Waals surface area contributed by atoms with Crippen LogP contribution in [0.2, 0.25) is 0 Å². The molecule has 1 atom stereocenters. The lowest BCUT2D eigenvalue weighted by atomic mass is 10.1. The van der Waals surface area contributed by atoms with Gasteiger partial charge in [-0.3, -0.25) is 10.2 Å². The summed E-state index contributed by atoms with van der Waals surface area (Å²) < 4.78 is 9.32. The van der Waals surface area contributed by atoms with Crippen molar-refractivity contribution in [2.75, 3.05) is 7.11 Å². The molecule has 114 valence electrons. The molecule has 0 rings (SSSR count). The van der Waals surface area contributed by atoms with Crippen LogP contribution in [0.5, 0.6) is 0 Å². The van der Waals surface area contributed by atoms with Gasteiger partial charge in [0.25, 0.3) is 5.91 Å². The molecular formula is C12H21N3O5. The van der Waals surface area contributed by atoms with E-state index in [9.17, 15) is 14.4 Å². The molecule has 0 aromatic carbocycles. The minimum atomic E-state index is -1.03. The zero-order chi connectivity index (χ0) is 15.9. The maximum absolute atomic E-state index is 11.8. The molecule has 0 saturated heterocycles. The van der Waals surface area contributed by atoms with Gasteiger partial charge in [-0.1, -0.05) is 6.58 Å². The molecule has 0 heterocycles. The predicted molar refractivity (Wildman–Crippen MR) is 71.7 cm³/mol. The van der Waals surface area contributed by atoms with Crippen molar-refractivity contribution >= 4 is 18.1 Å². The van der Waals surface area contributed by atoms with Gasteiger partial charge in [0.1, 0.15) is 11.6 Å². The highest BCUT2D eigenvalue weighted by Crippen LogP contribution is 2.06. The average Bonchev–Trinajstić information content (AvgIpc) is 2.30. The second-order valence-corrected chi connectivity index (χ2v) is 5.03. The van der Waals surface area contributed by atoms with Crippen LogP contribution in [-0.4, -0.2) is 36.8 Å². The molecule has 8 heteroatoms. The molecule has 0 aliphatic rings. The van der Waals surface area contributed by atoms with Crippen molar-refractivity contribution < 1.29 is 23.9 Å². The van der Waals surface area contributed by atoms with Crippen molar-refractivity contribution in [3.05, 3.63) is 12.2 Å². The van der Waals surface area contributed by atoms with E-state index < -0.39 is 29.7 Å². The zero-order valence-electron chi connectivity index (χ0n) is 12.3. The van der Waals surface area contributed by atoms with E-state index in [1.807, 2.05) is 0 Å². The van der Waals surface area contributed by atoms with Gasteiger partial charge in [0.05, 0.1) is 7.11 Å². The van der Waals surface area contributed by atoms with E-state index in [0.29, 0.717) is 5.57 Å². The smallest absolute Gasteiger partial charge is 0.426 e. The Hall–Kier alpha value is -2.25. The average molecular weight is 287 g/mol. The number of rotatable bonds is 3. The third kappa shape index (κ3) is 7.24. The molecule has 0 bridgehead atoms. The Kier molecular flexibility index (Phi) is 6.54. The molecule has 0 fully saturated rings. The Labute approximate surface area is 117 Å². The van der Waals surface area contributed by atoms with Crippen molar-refractivity contribution in [3.63, 3.8) is 0 Å². The fourth-order valence-electron chi connectivity index (χ4n) is 1.08. The first-order chi connectivity index (χ1) is 9.06. The molecule has 8 nitrogen and oxygen atoms in total. The highest BCUT2D eigenvalue weighted by Gasteiger charge is 2.23. The van der Waals surface area contributed by atoms with Crippen molar-refractivity contribution in [2.45, 2.75) is 39.3 Å². The highest BCUT2D eigenvalue weighted by molar-refractivity contribution is 5.89. The first kappa shape index (κ1) is 17.8. The van der Waals surface area contributed by atoms with Crippen LogP contribution in [0.4, 0.5) is 9.59 Å². The third-order valence-electron chi connectivity index (χ3n) is 1.89. The van der Waals surface area contributed by atoms with E-state index in [0.717, 1.165) is 0 Å². The van der Waals surface area contributed by atoms with E-state index >= 15 is 0 Å². The maximum atomic E-state index is 11.8. The summed E-state index contributed by atoms with van der Waals surface area (Å²) in [6.45, 7) is 10.2. The van der Waals surface area contributed by atoms with Crippen molar-refractivity contribution in [1.82, 2.24) is 16.2 Å². The normalized spacial score (nSPS) is 11.8. The molecule has 0 spiro atoms. The number of carbonyl (C=O) groups excluding carboxylic acids is 3. The molecule has 3 amide bonds. The number of methoxy groups -OCH3 is 1. The Morgan fingerprint density at radius 2 is 1.65 bits per heavy atom. The summed E-state index contributed by atoms with van der Waals surface area (Å²) in [6, 6.07) is -1.03. The van der Waals surface area contributed by atoms with Crippen LogP contribution in [0, 0.1) is 0 Å². The van der Waals surface area contributed by atoms with Gasteiger partial charge >= 0.3 is 12.2 Å². The molecule has 0 aliphatic heterocycles. The topological polar surface area (TPSA) is 106 Å². The lowest BCUT2D eigenvalue weighted by Gasteiger charge is -2.21. The summed E-state index contributed by atoms with van der Waals surface area (Å²) >= 11 is 0. The first-order valence-corrected chi connectivity index (χ1v) is 5.85. The Bertz CT molecular complexity index is 400. The number of amides is 3. The second-order valence-electron chi connectivity index (χ2n) is 5.03. The lowest BCUT2D eigenvalue weighted by molar-refractivity contribution is -0.123. The number of carbonyl (C=O) groups is 3. The van der Waals surface area contributed by atoms with E-state index in [1.54, 1.807) is 27.7 Å². The van der Waals surface area contributed by atoms with Gasteiger partial charge in [-0.05, 0) is 33.3 Å². The highest BCUT2D eigenvalue weighted by atomic mass is 16.6. The van der Waals surface area contributed by atoms with Crippen LogP contribution < -0.4 is 16.2 Å². The lowest BCUT2D eigenvalue weighted by Crippen LogP contribution is -2.53. The molecule has 0 aromatic heterocycles. The van der Waals surface area contributed by atoms with Gasteiger partial charge < -0.3 is 14.8 Å². The number of alkyl carbamates (subject to hydrolysis) is 1. The van der Waals surface area contributed by atoms with Gasteiger partial charge in [0.2, 0.25) is 0 Å². The van der Waals surface area contributed by atoms with Crippen molar-refractivity contribution in [2.24, 2.45) is 0 Å². The molecule has 20 heavy (non-hydrogen) atoms. The predicted octanol–water partition coefficient (Wildman–Crippen LogP) is 0.843. The Balaban J connectivity index is 4.45. The standard InChI is InChI=1S/C12H21N3O5/c1-7(2)8(13-10(17)19-6)9(16)14-15-11(18)20-12(3,4)5/h8H,1H2,2-6H3,(H,13,17)(H,14,16)(H,15,18)/t8-/m0/s1. The number of nitrogens with one attached hydrogen (secondary N) is 3. The van der Waals surface area contributed by atoms with Crippen LogP contribution in [-0.2, 0) is 14.3 Å². The molecule has 0 saturated carbocycles. The number of hydrazine groups is 1. The molecule has 0 radical (unpaired) electrons. The first-order valence-electron chi connectivity index (χ1n) is 5.85. The fraction of sp³-hybridized carbons (Fsp3) is 0.583. The summed E-state index contributed by atoms with van der Waals surface area (Å²) in [4.78, 5) is 34.2. The summed E-state index contributed by atoms with van der Waals surface area (Å²) in [5, 5.41) is 2.27. The largest absolute Gasteiger partial charge is 0.453 e. The summed E-state index contributed by atoms with van der Waals surface area (Å²) in [7, 11) is 1.17. The van der Waals surface area contributed by atoms with E-state index in [1.165, 1.54) is 7.11 Å². The number of hydrogen-bond acceptors (Lipinski definition) is 5. The van der Waals surface area contributed by atoms with Crippen LogP contribution in [0.3, 0.4) is 0 Å². The zero-order valence-corrected chi connectivity index (χ0v) is 12.3. The fourth-order valence-corrected chi connectivity index (χ4v) is 1.08. The molecular weight excluding hydrogens is 266 g/mol. The Morgan fingerprint density at radius 1 is 1.10 bits per heavy atom. The summed E-state index contributed by atoms with van der Waals surface area (Å²) in [6.07, 6.45) is -1.60. The molecule has 3 N–H and O–H groups in total. The Morgan fingerprint density at radius 3 is 2.05 bits per heavy atom. The number of hydrogen-bond donors (Lipinski definition) is 3. The molecule has 0 aromatic rings. The third-order valence-corrected chi connectivity index (χ3v) is 1.89. The van der Waals surface area contributed by atoms with Gasteiger partial charge in [-0.2, -0.15) is 0 Å². The van der Waals surface area contributed by atoms with Gasteiger partial charge in [0.15, 0.2) is 0 Å². The van der Waals surface area contributed by atoms with Crippen molar-refractivity contribution in [1.29, 1.82) is 0 Å². The molecule has 0 unspecified atom stereocenters. The van der Waals surface area contributed by atoms with Gasteiger partial charge in [-0.25, -0.2) is 15.0 Å². The molecule has 0 aliphatic carbocycles. The van der Waals surface area contributed by atoms with Gasteiger partial charge in [-0.15, -0.1) is 0 Å². The van der Waals surface area contributed by atoms with E-state index in [-0.39, 0.29) is 0 Å². The quantitative estimate of drug-likeness (QED) is 0.527. The van der Waals surface area contributed by atoms with Gasteiger partial charge in [0, 0.05) is 0 Å².